The van der Waals surface area contributed by atoms with Crippen molar-refractivity contribution in [3.05, 3.63) is 88.3 Å². The van der Waals surface area contributed by atoms with Crippen LogP contribution >= 0.6 is 0 Å². The van der Waals surface area contributed by atoms with Crippen LogP contribution in [0.4, 0.5) is 0 Å². The van der Waals surface area contributed by atoms with Crippen molar-refractivity contribution in [1.82, 2.24) is 9.55 Å². The number of hydrogen-bond donors (Lipinski definition) is 1. The lowest BCUT2D eigenvalue weighted by Crippen LogP contribution is -2.19. The number of fused-ring (bicyclic) bond motifs is 2. The van der Waals surface area contributed by atoms with Crippen molar-refractivity contribution in [3.8, 4) is 0 Å². The summed E-state index contributed by atoms with van der Waals surface area (Å²) in [7, 11) is 0. The lowest BCUT2D eigenvalue weighted by atomic mass is 10.1. The molecule has 136 valence electrons. The van der Waals surface area contributed by atoms with Gasteiger partial charge >= 0.3 is 5.97 Å². The van der Waals surface area contributed by atoms with Crippen LogP contribution < -0.4 is 5.43 Å². The van der Waals surface area contributed by atoms with Crippen molar-refractivity contribution < 1.29 is 9.90 Å². The number of pyridine rings is 2. The Morgan fingerprint density at radius 1 is 1.00 bits per heavy atom. The second-order valence-corrected chi connectivity index (χ2v) is 6.13. The smallest absolute Gasteiger partial charge is 0.341 e. The molecule has 1 N–H and O–H groups in total. The molecule has 0 aliphatic heterocycles. The Morgan fingerprint density at radius 3 is 2.04 bits per heavy atom. The standard InChI is InChI=1S/C12H12N2O3.C10H8/c1-3-14-6-9(12(16)17)10(15)8-5-4-7(2)13-11(8)14;1-2-6-10-8-4-3-7-9(10)5-1/h4-6H,3H2,1-2H3,(H,16,17);1-8H. The molecule has 4 rings (SSSR count). The highest BCUT2D eigenvalue weighted by molar-refractivity contribution is 5.91. The highest BCUT2D eigenvalue weighted by Crippen LogP contribution is 2.12. The molecule has 2 heterocycles. The van der Waals surface area contributed by atoms with Crippen molar-refractivity contribution in [2.24, 2.45) is 0 Å². The van der Waals surface area contributed by atoms with E-state index in [0.29, 0.717) is 17.6 Å². The predicted molar refractivity (Wildman–Crippen MR) is 107 cm³/mol. The van der Waals surface area contributed by atoms with Gasteiger partial charge in [-0.1, -0.05) is 48.5 Å². The summed E-state index contributed by atoms with van der Waals surface area (Å²) < 4.78 is 1.67. The first-order chi connectivity index (χ1) is 13.0. The van der Waals surface area contributed by atoms with Gasteiger partial charge in [-0.3, -0.25) is 4.79 Å². The third kappa shape index (κ3) is 3.87. The number of rotatable bonds is 2. The van der Waals surface area contributed by atoms with Crippen LogP contribution in [-0.2, 0) is 6.54 Å². The molecule has 0 aliphatic carbocycles. The molecule has 5 nitrogen and oxygen atoms in total. The van der Waals surface area contributed by atoms with Crippen LogP contribution in [0.5, 0.6) is 0 Å². The van der Waals surface area contributed by atoms with E-state index in [-0.39, 0.29) is 5.56 Å². The summed E-state index contributed by atoms with van der Waals surface area (Å²) in [5.74, 6) is -1.21. The second kappa shape index (κ2) is 7.83. The van der Waals surface area contributed by atoms with E-state index in [9.17, 15) is 9.59 Å². The van der Waals surface area contributed by atoms with Crippen LogP contribution in [0.1, 0.15) is 23.0 Å². The third-order valence-corrected chi connectivity index (χ3v) is 4.29. The van der Waals surface area contributed by atoms with Gasteiger partial charge in [0.2, 0.25) is 5.43 Å². The summed E-state index contributed by atoms with van der Waals surface area (Å²) in [6, 6.07) is 20.0. The van der Waals surface area contributed by atoms with Crippen molar-refractivity contribution in [2.75, 3.05) is 0 Å². The summed E-state index contributed by atoms with van der Waals surface area (Å²) in [6.07, 6.45) is 1.35. The zero-order chi connectivity index (χ0) is 19.4. The molecule has 0 fully saturated rings. The van der Waals surface area contributed by atoms with Gasteiger partial charge in [-0.05, 0) is 36.8 Å². The second-order valence-electron chi connectivity index (χ2n) is 6.13. The van der Waals surface area contributed by atoms with Crippen molar-refractivity contribution in [1.29, 1.82) is 0 Å². The molecule has 0 atom stereocenters. The number of benzene rings is 2. The average molecular weight is 360 g/mol. The van der Waals surface area contributed by atoms with E-state index in [4.69, 9.17) is 5.11 Å². The van der Waals surface area contributed by atoms with Gasteiger partial charge in [0.25, 0.3) is 0 Å². The minimum atomic E-state index is -1.21. The Morgan fingerprint density at radius 2 is 1.56 bits per heavy atom. The largest absolute Gasteiger partial charge is 0.477 e. The molecule has 0 saturated heterocycles. The molecular weight excluding hydrogens is 340 g/mol. The van der Waals surface area contributed by atoms with Gasteiger partial charge < -0.3 is 9.67 Å². The molecule has 0 saturated carbocycles. The van der Waals surface area contributed by atoms with E-state index in [2.05, 4.69) is 53.5 Å². The number of aryl methyl sites for hydroxylation is 2. The zero-order valence-electron chi connectivity index (χ0n) is 15.2. The van der Waals surface area contributed by atoms with Crippen LogP contribution in [0.25, 0.3) is 21.8 Å². The fourth-order valence-electron chi connectivity index (χ4n) is 2.89. The first kappa shape index (κ1) is 18.3. The fraction of sp³-hybridized carbons (Fsp3) is 0.136. The SMILES string of the molecule is CCn1cc(C(=O)O)c(=O)c2ccc(C)nc21.c1ccc2ccccc2c1. The fourth-order valence-corrected chi connectivity index (χ4v) is 2.89. The molecule has 0 bridgehead atoms. The molecule has 0 unspecified atom stereocenters. The summed E-state index contributed by atoms with van der Waals surface area (Å²) in [5.41, 5.74) is 0.624. The van der Waals surface area contributed by atoms with Crippen LogP contribution in [0.3, 0.4) is 0 Å². The molecule has 2 aromatic heterocycles. The highest BCUT2D eigenvalue weighted by atomic mass is 16.4. The number of carbonyl (C=O) groups is 1. The normalized spacial score (nSPS) is 10.4. The lowest BCUT2D eigenvalue weighted by molar-refractivity contribution is 0.0695. The Labute approximate surface area is 156 Å². The van der Waals surface area contributed by atoms with Gasteiger partial charge in [0.05, 0.1) is 5.39 Å². The quantitative estimate of drug-likeness (QED) is 0.580. The van der Waals surface area contributed by atoms with Gasteiger partial charge in [0, 0.05) is 18.4 Å². The number of hydrogen-bond acceptors (Lipinski definition) is 3. The molecule has 4 aromatic rings. The maximum atomic E-state index is 11.9. The molecular formula is C22H20N2O3. The Hall–Kier alpha value is -3.47. The molecule has 2 aromatic carbocycles. The Kier molecular flexibility index (Phi) is 5.31. The zero-order valence-corrected chi connectivity index (χ0v) is 15.2. The van der Waals surface area contributed by atoms with Crippen LogP contribution in [0.2, 0.25) is 0 Å². The molecule has 0 spiro atoms. The van der Waals surface area contributed by atoms with Gasteiger partial charge in [-0.2, -0.15) is 0 Å². The Balaban J connectivity index is 0.000000177. The predicted octanol–water partition coefficient (Wildman–Crippen LogP) is 4.26. The first-order valence-corrected chi connectivity index (χ1v) is 8.69. The number of aromatic carboxylic acids is 1. The number of nitrogens with zero attached hydrogens (tertiary/aromatic N) is 2. The van der Waals surface area contributed by atoms with Crippen LogP contribution in [-0.4, -0.2) is 20.6 Å². The van der Waals surface area contributed by atoms with E-state index in [1.54, 1.807) is 16.7 Å². The maximum absolute atomic E-state index is 11.9. The summed E-state index contributed by atoms with van der Waals surface area (Å²) >= 11 is 0. The summed E-state index contributed by atoms with van der Waals surface area (Å²) in [6.45, 7) is 4.27. The molecule has 27 heavy (non-hydrogen) atoms. The van der Waals surface area contributed by atoms with Crippen molar-refractivity contribution in [3.63, 3.8) is 0 Å². The van der Waals surface area contributed by atoms with Crippen LogP contribution in [0, 0.1) is 6.92 Å². The van der Waals surface area contributed by atoms with Gasteiger partial charge in [0.15, 0.2) is 0 Å². The minimum Gasteiger partial charge on any atom is -0.477 e. The minimum absolute atomic E-state index is 0.218. The Bertz CT molecular complexity index is 1110. The van der Waals surface area contributed by atoms with Gasteiger partial charge in [0.1, 0.15) is 11.2 Å². The van der Waals surface area contributed by atoms with E-state index in [0.717, 1.165) is 5.69 Å². The van der Waals surface area contributed by atoms with Crippen molar-refractivity contribution in [2.45, 2.75) is 20.4 Å². The van der Waals surface area contributed by atoms with E-state index in [1.165, 1.54) is 17.0 Å². The third-order valence-electron chi connectivity index (χ3n) is 4.29. The van der Waals surface area contributed by atoms with E-state index in [1.807, 2.05) is 13.8 Å². The number of aromatic nitrogens is 2. The lowest BCUT2D eigenvalue weighted by Gasteiger charge is -2.09. The van der Waals surface area contributed by atoms with Crippen LogP contribution in [0.15, 0.2) is 71.7 Å². The molecule has 5 heteroatoms. The van der Waals surface area contributed by atoms with E-state index < -0.39 is 11.4 Å². The molecule has 0 amide bonds. The maximum Gasteiger partial charge on any atom is 0.341 e. The highest BCUT2D eigenvalue weighted by Gasteiger charge is 2.14. The van der Waals surface area contributed by atoms with Gasteiger partial charge in [-0.25, -0.2) is 9.78 Å². The molecule has 0 radical (unpaired) electrons. The first-order valence-electron chi connectivity index (χ1n) is 8.69. The van der Waals surface area contributed by atoms with Gasteiger partial charge in [-0.15, -0.1) is 0 Å². The number of carboxylic acid groups (broad SMARTS) is 1. The topological polar surface area (TPSA) is 72.2 Å². The average Bonchev–Trinajstić information content (AvgIpc) is 2.68. The van der Waals surface area contributed by atoms with E-state index >= 15 is 0 Å². The summed E-state index contributed by atoms with van der Waals surface area (Å²) in [5, 5.41) is 11.9. The number of carboxylic acids is 1. The summed E-state index contributed by atoms with van der Waals surface area (Å²) in [4.78, 5) is 27.2. The molecule has 0 aliphatic rings. The van der Waals surface area contributed by atoms with Crippen molar-refractivity contribution >= 4 is 27.8 Å². The monoisotopic (exact) mass is 360 g/mol.